The maximum Gasteiger partial charge on any atom is 0.222 e. The van der Waals surface area contributed by atoms with E-state index in [9.17, 15) is 4.79 Å². The molecule has 0 saturated carbocycles. The second-order valence-corrected chi connectivity index (χ2v) is 4.36. The maximum absolute atomic E-state index is 12.4. The summed E-state index contributed by atoms with van der Waals surface area (Å²) >= 11 is 0. The van der Waals surface area contributed by atoms with E-state index in [0.29, 0.717) is 18.8 Å². The summed E-state index contributed by atoms with van der Waals surface area (Å²) in [6.45, 7) is 10.6. The molecule has 0 heterocycles. The molecule has 0 unspecified atom stereocenters. The third-order valence-electron chi connectivity index (χ3n) is 2.96. The third kappa shape index (κ3) is 3.40. The maximum atomic E-state index is 12.4. The van der Waals surface area contributed by atoms with E-state index < -0.39 is 6.29 Å². The first kappa shape index (κ1) is 14.9. The molecule has 0 amide bonds. The van der Waals surface area contributed by atoms with Crippen LogP contribution in [0, 0.1) is 20.8 Å². The van der Waals surface area contributed by atoms with Crippen molar-refractivity contribution in [3.8, 4) is 0 Å². The molecule has 1 rings (SSSR count). The van der Waals surface area contributed by atoms with Gasteiger partial charge in [-0.15, -0.1) is 0 Å². The molecule has 0 spiro atoms. The molecule has 3 nitrogen and oxygen atoms in total. The van der Waals surface area contributed by atoms with E-state index in [0.717, 1.165) is 11.1 Å². The molecule has 100 valence electrons. The lowest BCUT2D eigenvalue weighted by atomic mass is 9.98. The number of hydrogen-bond acceptors (Lipinski definition) is 3. The van der Waals surface area contributed by atoms with E-state index in [1.54, 1.807) is 0 Å². The van der Waals surface area contributed by atoms with Crippen LogP contribution in [0.5, 0.6) is 0 Å². The van der Waals surface area contributed by atoms with Gasteiger partial charge in [0.2, 0.25) is 12.1 Å². The van der Waals surface area contributed by atoms with Gasteiger partial charge in [0, 0.05) is 18.8 Å². The number of Topliss-reactive ketones (excluding diaryl/α,β-unsaturated/α-hetero) is 1. The van der Waals surface area contributed by atoms with E-state index in [2.05, 4.69) is 0 Å². The molecule has 1 aromatic carbocycles. The lowest BCUT2D eigenvalue weighted by molar-refractivity contribution is -0.107. The van der Waals surface area contributed by atoms with Crippen LogP contribution in [-0.2, 0) is 9.47 Å². The van der Waals surface area contributed by atoms with Gasteiger partial charge in [-0.05, 0) is 57.4 Å². The zero-order chi connectivity index (χ0) is 13.7. The van der Waals surface area contributed by atoms with Crippen molar-refractivity contribution in [2.45, 2.75) is 40.9 Å². The van der Waals surface area contributed by atoms with Gasteiger partial charge < -0.3 is 9.47 Å². The fourth-order valence-corrected chi connectivity index (χ4v) is 1.86. The van der Waals surface area contributed by atoms with Gasteiger partial charge in [0.15, 0.2) is 0 Å². The molecule has 0 aromatic heterocycles. The van der Waals surface area contributed by atoms with Gasteiger partial charge in [0.1, 0.15) is 0 Å². The summed E-state index contributed by atoms with van der Waals surface area (Å²) in [5.41, 5.74) is 3.95. The molecule has 3 heteroatoms. The van der Waals surface area contributed by atoms with Crippen LogP contribution in [0.25, 0.3) is 0 Å². The lowest BCUT2D eigenvalue weighted by Gasteiger charge is -2.17. The minimum absolute atomic E-state index is 0.0979. The standard InChI is InChI=1S/C15H22O3/c1-6-17-15(18-7-2)14(16)13-9-11(4)10(3)8-12(13)5/h8-9,15H,6-7H2,1-5H3. The summed E-state index contributed by atoms with van der Waals surface area (Å²) in [5.74, 6) is -0.0979. The summed E-state index contributed by atoms with van der Waals surface area (Å²) in [5, 5.41) is 0. The molecule has 0 fully saturated rings. The Bertz CT molecular complexity index is 418. The number of carbonyl (C=O) groups is 1. The molecule has 0 radical (unpaired) electrons. The molecule has 0 aliphatic carbocycles. The summed E-state index contributed by atoms with van der Waals surface area (Å²) in [6.07, 6.45) is -0.791. The second kappa shape index (κ2) is 6.66. The lowest BCUT2D eigenvalue weighted by Crippen LogP contribution is -2.28. The number of benzene rings is 1. The smallest absolute Gasteiger partial charge is 0.222 e. The third-order valence-corrected chi connectivity index (χ3v) is 2.96. The molecule has 18 heavy (non-hydrogen) atoms. The predicted molar refractivity (Wildman–Crippen MR) is 72.0 cm³/mol. The molecule has 0 bridgehead atoms. The van der Waals surface area contributed by atoms with Gasteiger partial charge in [-0.2, -0.15) is 0 Å². The molecule has 0 atom stereocenters. The van der Waals surface area contributed by atoms with Crippen LogP contribution < -0.4 is 0 Å². The average Bonchev–Trinajstić information content (AvgIpc) is 2.33. The molecule has 0 aliphatic rings. The SMILES string of the molecule is CCOC(OCC)C(=O)c1cc(C)c(C)cc1C. The van der Waals surface area contributed by atoms with Gasteiger partial charge >= 0.3 is 0 Å². The monoisotopic (exact) mass is 250 g/mol. The first-order valence-corrected chi connectivity index (χ1v) is 6.36. The number of aryl methyl sites for hydroxylation is 3. The quantitative estimate of drug-likeness (QED) is 0.574. The normalized spacial score (nSPS) is 11.0. The predicted octanol–water partition coefficient (Wildman–Crippen LogP) is 3.19. The van der Waals surface area contributed by atoms with Gasteiger partial charge in [-0.3, -0.25) is 4.79 Å². The zero-order valence-electron chi connectivity index (χ0n) is 11.9. The number of ether oxygens (including phenoxy) is 2. The van der Waals surface area contributed by atoms with Crippen molar-refractivity contribution in [2.24, 2.45) is 0 Å². The Morgan fingerprint density at radius 2 is 1.50 bits per heavy atom. The molecule has 0 N–H and O–H groups in total. The Hall–Kier alpha value is -1.19. The summed E-state index contributed by atoms with van der Waals surface area (Å²) in [4.78, 5) is 12.4. The fourth-order valence-electron chi connectivity index (χ4n) is 1.86. The Morgan fingerprint density at radius 3 is 2.00 bits per heavy atom. The average molecular weight is 250 g/mol. The highest BCUT2D eigenvalue weighted by molar-refractivity contribution is 6.00. The van der Waals surface area contributed by atoms with E-state index in [4.69, 9.17) is 9.47 Å². The van der Waals surface area contributed by atoms with E-state index in [-0.39, 0.29) is 5.78 Å². The van der Waals surface area contributed by atoms with Crippen LogP contribution in [0.4, 0.5) is 0 Å². The van der Waals surface area contributed by atoms with Gasteiger partial charge in [0.05, 0.1) is 0 Å². The van der Waals surface area contributed by atoms with Crippen LogP contribution in [0.15, 0.2) is 12.1 Å². The largest absolute Gasteiger partial charge is 0.346 e. The number of rotatable bonds is 6. The minimum atomic E-state index is -0.791. The zero-order valence-corrected chi connectivity index (χ0v) is 11.9. The Morgan fingerprint density at radius 1 is 1.00 bits per heavy atom. The Labute approximate surface area is 109 Å². The highest BCUT2D eigenvalue weighted by Crippen LogP contribution is 2.18. The number of hydrogen-bond donors (Lipinski definition) is 0. The molecule has 1 aromatic rings. The van der Waals surface area contributed by atoms with Crippen molar-refractivity contribution in [1.82, 2.24) is 0 Å². The van der Waals surface area contributed by atoms with Gasteiger partial charge in [0.25, 0.3) is 0 Å². The van der Waals surface area contributed by atoms with Crippen molar-refractivity contribution in [2.75, 3.05) is 13.2 Å². The van der Waals surface area contributed by atoms with Crippen LogP contribution in [0.1, 0.15) is 40.9 Å². The summed E-state index contributed by atoms with van der Waals surface area (Å²) in [7, 11) is 0. The number of carbonyl (C=O) groups excluding carboxylic acids is 1. The van der Waals surface area contributed by atoms with Crippen LogP contribution >= 0.6 is 0 Å². The minimum Gasteiger partial charge on any atom is -0.346 e. The van der Waals surface area contributed by atoms with Crippen molar-refractivity contribution < 1.29 is 14.3 Å². The van der Waals surface area contributed by atoms with E-state index >= 15 is 0 Å². The van der Waals surface area contributed by atoms with E-state index in [1.165, 1.54) is 5.56 Å². The Kier molecular flexibility index (Phi) is 5.51. The summed E-state index contributed by atoms with van der Waals surface area (Å²) < 4.78 is 10.7. The first-order chi connectivity index (χ1) is 8.51. The van der Waals surface area contributed by atoms with Crippen molar-refractivity contribution in [1.29, 1.82) is 0 Å². The summed E-state index contributed by atoms with van der Waals surface area (Å²) in [6, 6.07) is 3.94. The highest BCUT2D eigenvalue weighted by atomic mass is 16.7. The van der Waals surface area contributed by atoms with Crippen molar-refractivity contribution in [3.05, 3.63) is 34.4 Å². The topological polar surface area (TPSA) is 35.5 Å². The van der Waals surface area contributed by atoms with E-state index in [1.807, 2.05) is 46.8 Å². The molecule has 0 aliphatic heterocycles. The van der Waals surface area contributed by atoms with Crippen LogP contribution in [0.2, 0.25) is 0 Å². The van der Waals surface area contributed by atoms with Gasteiger partial charge in [-0.1, -0.05) is 6.07 Å². The van der Waals surface area contributed by atoms with Crippen LogP contribution in [-0.4, -0.2) is 25.3 Å². The second-order valence-electron chi connectivity index (χ2n) is 4.36. The molecular formula is C15H22O3. The molecule has 0 saturated heterocycles. The van der Waals surface area contributed by atoms with Crippen molar-refractivity contribution >= 4 is 5.78 Å². The molecular weight excluding hydrogens is 228 g/mol. The fraction of sp³-hybridized carbons (Fsp3) is 0.533. The highest BCUT2D eigenvalue weighted by Gasteiger charge is 2.22. The van der Waals surface area contributed by atoms with Gasteiger partial charge in [-0.25, -0.2) is 0 Å². The van der Waals surface area contributed by atoms with Crippen LogP contribution in [0.3, 0.4) is 0 Å². The first-order valence-electron chi connectivity index (χ1n) is 6.36. The Balaban J connectivity index is 3.04. The van der Waals surface area contributed by atoms with Crippen molar-refractivity contribution in [3.63, 3.8) is 0 Å². The number of ketones is 1.